The summed E-state index contributed by atoms with van der Waals surface area (Å²) in [4.78, 5) is 11.8. The monoisotopic (exact) mass is 318 g/mol. The smallest absolute Gasteiger partial charge is 0.319 e. The van der Waals surface area contributed by atoms with Crippen LogP contribution in [0.25, 0.3) is 5.69 Å². The Hall–Kier alpha value is -1.89. The first kappa shape index (κ1) is 15.0. The molecule has 2 aromatic rings. The van der Waals surface area contributed by atoms with Crippen LogP contribution in [0.15, 0.2) is 29.4 Å². The largest absolute Gasteiger partial charge is 0.462 e. The van der Waals surface area contributed by atoms with Gasteiger partial charge in [0.25, 0.3) is 0 Å². The maximum atomic E-state index is 11.8. The van der Waals surface area contributed by atoms with E-state index in [1.165, 1.54) is 17.3 Å². The van der Waals surface area contributed by atoms with Crippen LogP contribution in [-0.2, 0) is 9.53 Å². The highest BCUT2D eigenvalue weighted by molar-refractivity contribution is 8.00. The molecule has 0 aliphatic carbocycles. The second-order valence-corrected chi connectivity index (χ2v) is 6.88. The molecule has 3 rings (SSSR count). The molecule has 6 nitrogen and oxygen atoms in total. The highest BCUT2D eigenvalue weighted by atomic mass is 32.2. The molecule has 2 heterocycles. The maximum Gasteiger partial charge on any atom is 0.319 e. The Morgan fingerprint density at radius 3 is 2.64 bits per heavy atom. The Bertz CT molecular complexity index is 668. The minimum Gasteiger partial charge on any atom is -0.462 e. The van der Waals surface area contributed by atoms with Gasteiger partial charge < -0.3 is 4.74 Å². The highest BCUT2D eigenvalue weighted by Crippen LogP contribution is 2.31. The molecular weight excluding hydrogens is 300 g/mol. The number of esters is 1. The third kappa shape index (κ3) is 2.99. The van der Waals surface area contributed by atoms with Crippen LogP contribution in [0.2, 0.25) is 0 Å². The molecule has 2 atom stereocenters. The number of hydrogen-bond acceptors (Lipinski definition) is 6. The van der Waals surface area contributed by atoms with E-state index in [4.69, 9.17) is 4.74 Å². The van der Waals surface area contributed by atoms with Crippen molar-refractivity contribution in [2.24, 2.45) is 0 Å². The normalized spacial score (nSPS) is 21.4. The number of nitrogens with zero attached hydrogens (tertiary/aromatic N) is 4. The van der Waals surface area contributed by atoms with E-state index in [2.05, 4.69) is 41.5 Å². The summed E-state index contributed by atoms with van der Waals surface area (Å²) in [5.41, 5.74) is 2.15. The number of ether oxygens (including phenoxy) is 1. The van der Waals surface area contributed by atoms with Crippen molar-refractivity contribution in [3.63, 3.8) is 0 Å². The van der Waals surface area contributed by atoms with E-state index >= 15 is 0 Å². The number of hydrogen-bond donors (Lipinski definition) is 0. The zero-order valence-electron chi connectivity index (χ0n) is 12.8. The lowest BCUT2D eigenvalue weighted by atomic mass is 10.0. The van der Waals surface area contributed by atoms with Gasteiger partial charge in [0, 0.05) is 6.42 Å². The number of benzene rings is 1. The lowest BCUT2D eigenvalue weighted by molar-refractivity contribution is -0.140. The second kappa shape index (κ2) is 6.08. The van der Waals surface area contributed by atoms with Crippen LogP contribution in [-0.4, -0.2) is 37.5 Å². The molecule has 1 saturated heterocycles. The van der Waals surface area contributed by atoms with Gasteiger partial charge in [-0.1, -0.05) is 37.7 Å². The molecule has 22 heavy (non-hydrogen) atoms. The third-order valence-electron chi connectivity index (χ3n) is 3.62. The fraction of sp³-hybridized carbons (Fsp3) is 0.467. The topological polar surface area (TPSA) is 69.9 Å². The molecule has 1 aromatic carbocycles. The first-order valence-electron chi connectivity index (χ1n) is 7.30. The van der Waals surface area contributed by atoms with Crippen molar-refractivity contribution in [1.29, 1.82) is 0 Å². The average Bonchev–Trinajstić information content (AvgIpc) is 3.06. The number of thioether (sulfide) groups is 1. The van der Waals surface area contributed by atoms with Crippen molar-refractivity contribution in [3.8, 4) is 5.69 Å². The van der Waals surface area contributed by atoms with Gasteiger partial charge in [0.05, 0.1) is 5.69 Å². The molecule has 1 aliphatic heterocycles. The molecule has 0 unspecified atom stereocenters. The standard InChI is InChI=1S/C15H18N4O2S/c1-9(2)11-4-6-12(7-5-11)19-15(16-17-18-19)22-13-8-10(3)21-14(13)20/h4-7,9-10,13H,8H2,1-3H3/t10-,13+/m0/s1. The van der Waals surface area contributed by atoms with E-state index in [9.17, 15) is 4.79 Å². The number of cyclic esters (lactones) is 1. The second-order valence-electron chi connectivity index (χ2n) is 5.71. The molecule has 0 bridgehead atoms. The number of carbonyl (C=O) groups is 1. The van der Waals surface area contributed by atoms with E-state index in [0.717, 1.165) is 5.69 Å². The van der Waals surface area contributed by atoms with Crippen molar-refractivity contribution >= 4 is 17.7 Å². The summed E-state index contributed by atoms with van der Waals surface area (Å²) in [5, 5.41) is 12.2. The van der Waals surface area contributed by atoms with Crippen molar-refractivity contribution in [3.05, 3.63) is 29.8 Å². The molecule has 0 N–H and O–H groups in total. The van der Waals surface area contributed by atoms with Gasteiger partial charge in [0.2, 0.25) is 5.16 Å². The quantitative estimate of drug-likeness (QED) is 0.807. The molecule has 7 heteroatoms. The van der Waals surface area contributed by atoms with Crippen LogP contribution in [0.4, 0.5) is 0 Å². The van der Waals surface area contributed by atoms with Gasteiger partial charge in [-0.05, 0) is 41.0 Å². The van der Waals surface area contributed by atoms with Gasteiger partial charge >= 0.3 is 5.97 Å². The minimum atomic E-state index is -0.241. The molecule has 1 aliphatic rings. The van der Waals surface area contributed by atoms with Crippen molar-refractivity contribution in [2.45, 2.75) is 49.6 Å². The van der Waals surface area contributed by atoms with Crippen LogP contribution in [0, 0.1) is 0 Å². The third-order valence-corrected chi connectivity index (χ3v) is 4.75. The summed E-state index contributed by atoms with van der Waals surface area (Å²) in [6, 6.07) is 8.13. The molecule has 1 aromatic heterocycles. The Balaban J connectivity index is 1.81. The zero-order valence-corrected chi connectivity index (χ0v) is 13.6. The van der Waals surface area contributed by atoms with E-state index in [-0.39, 0.29) is 17.3 Å². The number of tetrazole rings is 1. The first-order valence-corrected chi connectivity index (χ1v) is 8.18. The Morgan fingerprint density at radius 2 is 2.05 bits per heavy atom. The predicted molar refractivity (Wildman–Crippen MR) is 83.1 cm³/mol. The average molecular weight is 318 g/mol. The van der Waals surface area contributed by atoms with Crippen LogP contribution in [0.1, 0.15) is 38.7 Å². The molecule has 116 valence electrons. The fourth-order valence-electron chi connectivity index (χ4n) is 2.36. The lowest BCUT2D eigenvalue weighted by Gasteiger charge is -2.08. The van der Waals surface area contributed by atoms with E-state index < -0.39 is 0 Å². The SMILES string of the molecule is CC(C)c1ccc(-n2nnnc2S[C@@H]2C[C@H](C)OC2=O)cc1. The van der Waals surface area contributed by atoms with Crippen LogP contribution in [0.3, 0.4) is 0 Å². The minimum absolute atomic E-state index is 0.0420. The van der Waals surface area contributed by atoms with Gasteiger partial charge in [-0.15, -0.1) is 5.10 Å². The summed E-state index contributed by atoms with van der Waals surface area (Å²) in [5.74, 6) is 0.286. The van der Waals surface area contributed by atoms with Crippen LogP contribution < -0.4 is 0 Å². The summed E-state index contributed by atoms with van der Waals surface area (Å²) >= 11 is 1.35. The molecule has 0 spiro atoms. The van der Waals surface area contributed by atoms with Crippen LogP contribution >= 0.6 is 11.8 Å². The van der Waals surface area contributed by atoms with Crippen molar-refractivity contribution < 1.29 is 9.53 Å². The van der Waals surface area contributed by atoms with Gasteiger partial charge in [-0.25, -0.2) is 0 Å². The zero-order chi connectivity index (χ0) is 15.7. The fourth-order valence-corrected chi connectivity index (χ4v) is 3.46. The van der Waals surface area contributed by atoms with E-state index in [1.54, 1.807) is 4.68 Å². The Kier molecular flexibility index (Phi) is 4.15. The number of carbonyl (C=O) groups excluding carboxylic acids is 1. The summed E-state index contributed by atoms with van der Waals surface area (Å²) in [6.45, 7) is 6.20. The Labute approximate surface area is 133 Å². The summed E-state index contributed by atoms with van der Waals surface area (Å²) in [6.07, 6.45) is 0.641. The predicted octanol–water partition coefficient (Wildman–Crippen LogP) is 2.58. The van der Waals surface area contributed by atoms with Gasteiger partial charge in [0.1, 0.15) is 11.4 Å². The molecule has 0 saturated carbocycles. The lowest BCUT2D eigenvalue weighted by Crippen LogP contribution is -2.11. The van der Waals surface area contributed by atoms with E-state index in [0.29, 0.717) is 17.5 Å². The number of rotatable bonds is 4. The van der Waals surface area contributed by atoms with Gasteiger partial charge in [0.15, 0.2) is 0 Å². The molecule has 1 fully saturated rings. The first-order chi connectivity index (χ1) is 10.5. The van der Waals surface area contributed by atoms with Crippen molar-refractivity contribution in [2.75, 3.05) is 0 Å². The Morgan fingerprint density at radius 1 is 1.32 bits per heavy atom. The van der Waals surface area contributed by atoms with Gasteiger partial charge in [-0.3, -0.25) is 4.79 Å². The van der Waals surface area contributed by atoms with Crippen LogP contribution in [0.5, 0.6) is 0 Å². The molecular formula is C15H18N4O2S. The van der Waals surface area contributed by atoms with Crippen molar-refractivity contribution in [1.82, 2.24) is 20.2 Å². The molecule has 0 radical (unpaired) electrons. The number of aromatic nitrogens is 4. The van der Waals surface area contributed by atoms with E-state index in [1.807, 2.05) is 19.1 Å². The maximum absolute atomic E-state index is 11.8. The molecule has 0 amide bonds. The highest BCUT2D eigenvalue weighted by Gasteiger charge is 2.34. The van der Waals surface area contributed by atoms with Gasteiger partial charge in [-0.2, -0.15) is 4.68 Å². The summed E-state index contributed by atoms with van der Waals surface area (Å²) in [7, 11) is 0. The summed E-state index contributed by atoms with van der Waals surface area (Å²) < 4.78 is 6.83.